The number of aliphatic carboxylic acids is 1. The number of fused-ring (bicyclic) bond motifs is 1. The van der Waals surface area contributed by atoms with E-state index in [0.29, 0.717) is 18.9 Å². The van der Waals surface area contributed by atoms with Gasteiger partial charge in [0.05, 0.1) is 6.54 Å². The van der Waals surface area contributed by atoms with Crippen LogP contribution in [0.15, 0.2) is 79.1 Å². The quantitative estimate of drug-likeness (QED) is 0.435. The normalized spacial score (nSPS) is 11.9. The van der Waals surface area contributed by atoms with Crippen molar-refractivity contribution in [3.05, 3.63) is 90.3 Å². The Hall–Kier alpha value is -3.80. The molecular weight excluding hydrogens is 392 g/mol. The molecule has 1 atom stereocenters. The molecule has 4 rings (SSSR count). The summed E-state index contributed by atoms with van der Waals surface area (Å²) in [5.41, 5.74) is 2.90. The Balaban J connectivity index is 1.32. The van der Waals surface area contributed by atoms with Crippen LogP contribution in [0.25, 0.3) is 11.0 Å². The van der Waals surface area contributed by atoms with Gasteiger partial charge in [-0.1, -0.05) is 29.8 Å². The molecular formula is C25H24N2O4. The molecule has 31 heavy (non-hydrogen) atoms. The zero-order chi connectivity index (χ0) is 21.6. The van der Waals surface area contributed by atoms with Crippen LogP contribution in [0.5, 0.6) is 11.5 Å². The third-order valence-electron chi connectivity index (χ3n) is 5.04. The third kappa shape index (κ3) is 5.22. The summed E-state index contributed by atoms with van der Waals surface area (Å²) in [5.74, 6) is 0.290. The first-order valence-electron chi connectivity index (χ1n) is 10.2. The SMILES string of the molecule is Cc1ccc(OC(Cc2ccc(OCCn3ccc4cccnc43)cc2)C(=O)O)cc1. The molecule has 0 aliphatic carbocycles. The Kier molecular flexibility index (Phi) is 6.17. The third-order valence-corrected chi connectivity index (χ3v) is 5.04. The molecule has 0 spiro atoms. The van der Waals surface area contributed by atoms with Gasteiger partial charge in [0.1, 0.15) is 23.8 Å². The van der Waals surface area contributed by atoms with Gasteiger partial charge in [-0.05, 0) is 55.0 Å². The van der Waals surface area contributed by atoms with E-state index in [1.165, 1.54) is 0 Å². The molecule has 0 saturated heterocycles. The summed E-state index contributed by atoms with van der Waals surface area (Å²) in [6, 6.07) is 20.8. The van der Waals surface area contributed by atoms with Gasteiger partial charge in [-0.2, -0.15) is 0 Å². The number of aryl methyl sites for hydroxylation is 1. The second-order valence-electron chi connectivity index (χ2n) is 7.38. The molecule has 6 heteroatoms. The van der Waals surface area contributed by atoms with Crippen LogP contribution in [0.1, 0.15) is 11.1 Å². The van der Waals surface area contributed by atoms with Crippen LogP contribution in [0.4, 0.5) is 0 Å². The highest BCUT2D eigenvalue weighted by Crippen LogP contribution is 2.18. The van der Waals surface area contributed by atoms with E-state index in [2.05, 4.69) is 9.55 Å². The second-order valence-corrected chi connectivity index (χ2v) is 7.38. The molecule has 158 valence electrons. The maximum atomic E-state index is 11.6. The van der Waals surface area contributed by atoms with E-state index in [0.717, 1.165) is 27.9 Å². The summed E-state index contributed by atoms with van der Waals surface area (Å²) < 4.78 is 13.6. The van der Waals surface area contributed by atoms with Crippen molar-refractivity contribution in [1.82, 2.24) is 9.55 Å². The van der Waals surface area contributed by atoms with Gasteiger partial charge < -0.3 is 19.1 Å². The number of pyridine rings is 1. The van der Waals surface area contributed by atoms with Gasteiger partial charge in [-0.3, -0.25) is 0 Å². The number of carboxylic acid groups (broad SMARTS) is 1. The molecule has 0 radical (unpaired) electrons. The Bertz CT molecular complexity index is 1150. The topological polar surface area (TPSA) is 73.6 Å². The maximum Gasteiger partial charge on any atom is 0.345 e. The van der Waals surface area contributed by atoms with E-state index in [4.69, 9.17) is 9.47 Å². The summed E-state index contributed by atoms with van der Waals surface area (Å²) in [5, 5.41) is 10.6. The van der Waals surface area contributed by atoms with E-state index in [1.807, 2.05) is 67.7 Å². The molecule has 4 aromatic rings. The van der Waals surface area contributed by atoms with E-state index in [9.17, 15) is 9.90 Å². The number of carboxylic acids is 1. The van der Waals surface area contributed by atoms with E-state index in [-0.39, 0.29) is 6.42 Å². The van der Waals surface area contributed by atoms with Crippen LogP contribution in [0.3, 0.4) is 0 Å². The molecule has 0 bridgehead atoms. The summed E-state index contributed by atoms with van der Waals surface area (Å²) in [6.07, 6.45) is 3.10. The van der Waals surface area contributed by atoms with Crippen LogP contribution >= 0.6 is 0 Å². The standard InChI is InChI=1S/C25H24N2O4/c1-18-4-8-22(9-5-18)31-23(25(28)29)17-19-6-10-21(11-7-19)30-16-15-27-14-12-20-3-2-13-26-24(20)27/h2-14,23H,15-17H2,1H3,(H,28,29). The van der Waals surface area contributed by atoms with Crippen molar-refractivity contribution in [3.8, 4) is 11.5 Å². The van der Waals surface area contributed by atoms with Crippen LogP contribution < -0.4 is 9.47 Å². The fourth-order valence-electron chi connectivity index (χ4n) is 3.36. The summed E-state index contributed by atoms with van der Waals surface area (Å²) in [7, 11) is 0. The molecule has 0 saturated carbocycles. The minimum Gasteiger partial charge on any atom is -0.492 e. The number of nitrogens with zero attached hydrogens (tertiary/aromatic N) is 2. The summed E-state index contributed by atoms with van der Waals surface area (Å²) >= 11 is 0. The van der Waals surface area contributed by atoms with Crippen molar-refractivity contribution in [1.29, 1.82) is 0 Å². The Morgan fingerprint density at radius 2 is 1.77 bits per heavy atom. The second kappa shape index (κ2) is 9.34. The highest BCUT2D eigenvalue weighted by molar-refractivity contribution is 5.75. The van der Waals surface area contributed by atoms with Gasteiger partial charge in [0.25, 0.3) is 0 Å². The van der Waals surface area contributed by atoms with Gasteiger partial charge in [-0.15, -0.1) is 0 Å². The van der Waals surface area contributed by atoms with E-state index >= 15 is 0 Å². The van der Waals surface area contributed by atoms with Crippen LogP contribution in [0, 0.1) is 6.92 Å². The Morgan fingerprint density at radius 3 is 2.52 bits per heavy atom. The van der Waals surface area contributed by atoms with Gasteiger partial charge >= 0.3 is 5.97 Å². The molecule has 0 aliphatic rings. The average molecular weight is 416 g/mol. The van der Waals surface area contributed by atoms with Crippen LogP contribution in [0.2, 0.25) is 0 Å². The number of hydrogen-bond acceptors (Lipinski definition) is 4. The fraction of sp³-hybridized carbons (Fsp3) is 0.200. The first-order valence-corrected chi connectivity index (χ1v) is 10.2. The number of aromatic nitrogens is 2. The Labute approximate surface area is 180 Å². The predicted molar refractivity (Wildman–Crippen MR) is 119 cm³/mol. The molecule has 0 amide bonds. The van der Waals surface area contributed by atoms with Crippen molar-refractivity contribution in [2.24, 2.45) is 0 Å². The average Bonchev–Trinajstić information content (AvgIpc) is 3.19. The van der Waals surface area contributed by atoms with Gasteiger partial charge in [0.15, 0.2) is 6.10 Å². The minimum absolute atomic E-state index is 0.268. The Morgan fingerprint density at radius 1 is 1.03 bits per heavy atom. The first kappa shape index (κ1) is 20.5. The smallest absolute Gasteiger partial charge is 0.345 e. The molecule has 1 unspecified atom stereocenters. The van der Waals surface area contributed by atoms with Crippen LogP contribution in [-0.2, 0) is 17.8 Å². The largest absolute Gasteiger partial charge is 0.492 e. The molecule has 6 nitrogen and oxygen atoms in total. The highest BCUT2D eigenvalue weighted by Gasteiger charge is 2.20. The molecule has 2 aromatic carbocycles. The summed E-state index contributed by atoms with van der Waals surface area (Å²) in [6.45, 7) is 3.17. The number of ether oxygens (including phenoxy) is 2. The van der Waals surface area contributed by atoms with Crippen molar-refractivity contribution in [2.45, 2.75) is 26.0 Å². The monoisotopic (exact) mass is 416 g/mol. The minimum atomic E-state index is -0.992. The number of rotatable bonds is 9. The lowest BCUT2D eigenvalue weighted by Crippen LogP contribution is -2.29. The van der Waals surface area contributed by atoms with E-state index in [1.54, 1.807) is 18.3 Å². The molecule has 0 fully saturated rings. The summed E-state index contributed by atoms with van der Waals surface area (Å²) in [4.78, 5) is 16.0. The van der Waals surface area contributed by atoms with Crippen molar-refractivity contribution < 1.29 is 19.4 Å². The lowest BCUT2D eigenvalue weighted by molar-refractivity contribution is -0.145. The maximum absolute atomic E-state index is 11.6. The fourth-order valence-corrected chi connectivity index (χ4v) is 3.36. The van der Waals surface area contributed by atoms with Crippen molar-refractivity contribution >= 4 is 17.0 Å². The first-order chi connectivity index (χ1) is 15.1. The zero-order valence-corrected chi connectivity index (χ0v) is 17.3. The molecule has 2 aromatic heterocycles. The van der Waals surface area contributed by atoms with Crippen molar-refractivity contribution in [2.75, 3.05) is 6.61 Å². The lowest BCUT2D eigenvalue weighted by atomic mass is 10.1. The van der Waals surface area contributed by atoms with Gasteiger partial charge in [0, 0.05) is 24.2 Å². The van der Waals surface area contributed by atoms with Crippen molar-refractivity contribution in [3.63, 3.8) is 0 Å². The predicted octanol–water partition coefficient (Wildman–Crippen LogP) is 4.50. The zero-order valence-electron chi connectivity index (χ0n) is 17.3. The molecule has 0 aliphatic heterocycles. The number of benzene rings is 2. The van der Waals surface area contributed by atoms with Crippen LogP contribution in [-0.4, -0.2) is 33.3 Å². The van der Waals surface area contributed by atoms with Gasteiger partial charge in [0.2, 0.25) is 0 Å². The highest BCUT2D eigenvalue weighted by atomic mass is 16.5. The molecule has 1 N–H and O–H groups in total. The number of carbonyl (C=O) groups is 1. The molecule has 2 heterocycles. The van der Waals surface area contributed by atoms with Gasteiger partial charge in [-0.25, -0.2) is 9.78 Å². The lowest BCUT2D eigenvalue weighted by Gasteiger charge is -2.16. The van der Waals surface area contributed by atoms with E-state index < -0.39 is 12.1 Å². The number of hydrogen-bond donors (Lipinski definition) is 1.